The lowest BCUT2D eigenvalue weighted by molar-refractivity contribution is -0.122. The quantitative estimate of drug-likeness (QED) is 0.782. The summed E-state index contributed by atoms with van der Waals surface area (Å²) in [6, 6.07) is 16.7. The average Bonchev–Trinajstić information content (AvgIpc) is 2.73. The maximum atomic E-state index is 12.7. The van der Waals surface area contributed by atoms with Crippen molar-refractivity contribution in [2.75, 3.05) is 38.0 Å². The van der Waals surface area contributed by atoms with Crippen LogP contribution < -0.4 is 10.6 Å². The van der Waals surface area contributed by atoms with Crippen molar-refractivity contribution in [3.63, 3.8) is 0 Å². The Labute approximate surface area is 170 Å². The molecule has 3 rings (SSSR count). The summed E-state index contributed by atoms with van der Waals surface area (Å²) in [4.78, 5) is 40.0. The number of hydrogen-bond donors (Lipinski definition) is 2. The van der Waals surface area contributed by atoms with Crippen molar-refractivity contribution in [3.05, 3.63) is 65.7 Å². The fraction of sp³-hybridized carbons (Fsp3) is 0.318. The van der Waals surface area contributed by atoms with E-state index in [0.717, 1.165) is 5.56 Å². The third-order valence-corrected chi connectivity index (χ3v) is 4.79. The molecule has 1 aliphatic heterocycles. The van der Waals surface area contributed by atoms with Crippen LogP contribution in [0.15, 0.2) is 54.6 Å². The van der Waals surface area contributed by atoms with Crippen LogP contribution in [0, 0.1) is 0 Å². The molecule has 1 heterocycles. The molecule has 1 fully saturated rings. The molecular weight excluding hydrogens is 368 g/mol. The fourth-order valence-electron chi connectivity index (χ4n) is 3.28. The van der Waals surface area contributed by atoms with Gasteiger partial charge in [0.15, 0.2) is 0 Å². The van der Waals surface area contributed by atoms with E-state index < -0.39 is 0 Å². The first-order valence-corrected chi connectivity index (χ1v) is 9.71. The van der Waals surface area contributed by atoms with Gasteiger partial charge in [-0.3, -0.25) is 19.3 Å². The van der Waals surface area contributed by atoms with Gasteiger partial charge in [-0.25, -0.2) is 0 Å². The van der Waals surface area contributed by atoms with Gasteiger partial charge in [-0.2, -0.15) is 0 Å². The zero-order chi connectivity index (χ0) is 20.6. The predicted molar refractivity (Wildman–Crippen MR) is 111 cm³/mol. The molecule has 29 heavy (non-hydrogen) atoms. The first-order valence-electron chi connectivity index (χ1n) is 9.71. The molecule has 2 N–H and O–H groups in total. The minimum absolute atomic E-state index is 0.0170. The number of benzene rings is 2. The van der Waals surface area contributed by atoms with Crippen molar-refractivity contribution in [2.24, 2.45) is 0 Å². The molecule has 1 aliphatic rings. The molecule has 7 nitrogen and oxygen atoms in total. The summed E-state index contributed by atoms with van der Waals surface area (Å²) in [6.45, 7) is 4.70. The molecular formula is C22H26N4O3. The smallest absolute Gasteiger partial charge is 0.254 e. The molecule has 0 atom stereocenters. The van der Waals surface area contributed by atoms with Gasteiger partial charge in [-0.1, -0.05) is 36.4 Å². The third kappa shape index (κ3) is 6.15. The van der Waals surface area contributed by atoms with E-state index in [1.807, 2.05) is 30.3 Å². The highest BCUT2D eigenvalue weighted by atomic mass is 16.2. The van der Waals surface area contributed by atoms with E-state index >= 15 is 0 Å². The summed E-state index contributed by atoms with van der Waals surface area (Å²) in [5, 5.41) is 5.63. The average molecular weight is 394 g/mol. The number of rotatable bonds is 6. The normalized spacial score (nSPS) is 14.3. The topological polar surface area (TPSA) is 81.8 Å². The Morgan fingerprint density at radius 2 is 1.66 bits per heavy atom. The van der Waals surface area contributed by atoms with Crippen molar-refractivity contribution >= 4 is 23.4 Å². The SMILES string of the molecule is CC(=O)Nc1cccc(C(=O)N2CCN(CC(=O)NCc3ccccc3)CC2)c1. The standard InChI is InChI=1S/C22H26N4O3/c1-17(27)24-20-9-5-8-19(14-20)22(29)26-12-10-25(11-13-26)16-21(28)23-15-18-6-3-2-4-7-18/h2-9,14H,10-13,15-16H2,1H3,(H,23,28)(H,24,27). The Bertz CT molecular complexity index is 861. The summed E-state index contributed by atoms with van der Waals surface area (Å²) in [5.41, 5.74) is 2.22. The molecule has 152 valence electrons. The summed E-state index contributed by atoms with van der Waals surface area (Å²) < 4.78 is 0. The van der Waals surface area contributed by atoms with Gasteiger partial charge in [0, 0.05) is 50.9 Å². The molecule has 0 spiro atoms. The van der Waals surface area contributed by atoms with Gasteiger partial charge in [0.1, 0.15) is 0 Å². The second-order valence-electron chi connectivity index (χ2n) is 7.09. The van der Waals surface area contributed by atoms with Crippen LogP contribution in [0.5, 0.6) is 0 Å². The first kappa shape index (κ1) is 20.5. The maximum absolute atomic E-state index is 12.7. The van der Waals surface area contributed by atoms with Crippen LogP contribution in [-0.2, 0) is 16.1 Å². The molecule has 0 aromatic heterocycles. The molecule has 7 heteroatoms. The molecule has 0 unspecified atom stereocenters. The van der Waals surface area contributed by atoms with Gasteiger partial charge < -0.3 is 15.5 Å². The lowest BCUT2D eigenvalue weighted by Crippen LogP contribution is -2.51. The van der Waals surface area contributed by atoms with Crippen molar-refractivity contribution < 1.29 is 14.4 Å². The van der Waals surface area contributed by atoms with E-state index in [-0.39, 0.29) is 17.7 Å². The largest absolute Gasteiger partial charge is 0.351 e. The number of nitrogens with zero attached hydrogens (tertiary/aromatic N) is 2. The highest BCUT2D eigenvalue weighted by Gasteiger charge is 2.23. The molecule has 2 aromatic rings. The predicted octanol–water partition coefficient (Wildman–Crippen LogP) is 1.72. The number of hydrogen-bond acceptors (Lipinski definition) is 4. The number of carbonyl (C=O) groups excluding carboxylic acids is 3. The van der Waals surface area contributed by atoms with E-state index in [1.165, 1.54) is 6.92 Å². The van der Waals surface area contributed by atoms with E-state index in [9.17, 15) is 14.4 Å². The van der Waals surface area contributed by atoms with Crippen molar-refractivity contribution in [1.82, 2.24) is 15.1 Å². The second kappa shape index (κ2) is 9.84. The van der Waals surface area contributed by atoms with Gasteiger partial charge in [-0.05, 0) is 23.8 Å². The number of nitrogens with one attached hydrogen (secondary N) is 2. The maximum Gasteiger partial charge on any atom is 0.254 e. The van der Waals surface area contributed by atoms with E-state index in [2.05, 4.69) is 15.5 Å². The summed E-state index contributed by atoms with van der Waals surface area (Å²) in [6.07, 6.45) is 0. The molecule has 1 saturated heterocycles. The van der Waals surface area contributed by atoms with E-state index in [1.54, 1.807) is 29.2 Å². The number of carbonyl (C=O) groups is 3. The van der Waals surface area contributed by atoms with Crippen molar-refractivity contribution in [1.29, 1.82) is 0 Å². The molecule has 0 radical (unpaired) electrons. The highest BCUT2D eigenvalue weighted by Crippen LogP contribution is 2.14. The van der Waals surface area contributed by atoms with Crippen LogP contribution in [0.3, 0.4) is 0 Å². The molecule has 2 aromatic carbocycles. The Morgan fingerprint density at radius 3 is 2.34 bits per heavy atom. The minimum Gasteiger partial charge on any atom is -0.351 e. The molecule has 3 amide bonds. The number of anilines is 1. The second-order valence-corrected chi connectivity index (χ2v) is 7.09. The third-order valence-electron chi connectivity index (χ3n) is 4.79. The van der Waals surface area contributed by atoms with Gasteiger partial charge in [-0.15, -0.1) is 0 Å². The van der Waals surface area contributed by atoms with E-state index in [0.29, 0.717) is 50.5 Å². The van der Waals surface area contributed by atoms with Crippen LogP contribution in [0.2, 0.25) is 0 Å². The molecule has 0 bridgehead atoms. The Balaban J connectivity index is 1.45. The lowest BCUT2D eigenvalue weighted by atomic mass is 10.1. The van der Waals surface area contributed by atoms with Gasteiger partial charge in [0.2, 0.25) is 11.8 Å². The van der Waals surface area contributed by atoms with Gasteiger partial charge >= 0.3 is 0 Å². The zero-order valence-electron chi connectivity index (χ0n) is 16.6. The fourth-order valence-corrected chi connectivity index (χ4v) is 3.28. The van der Waals surface area contributed by atoms with Gasteiger partial charge in [0.25, 0.3) is 5.91 Å². The summed E-state index contributed by atoms with van der Waals surface area (Å²) >= 11 is 0. The number of piperazine rings is 1. The van der Waals surface area contributed by atoms with Crippen LogP contribution in [0.4, 0.5) is 5.69 Å². The van der Waals surface area contributed by atoms with Crippen molar-refractivity contribution in [3.8, 4) is 0 Å². The van der Waals surface area contributed by atoms with Crippen LogP contribution in [-0.4, -0.2) is 60.2 Å². The molecule has 0 aliphatic carbocycles. The molecule has 0 saturated carbocycles. The minimum atomic E-state index is -0.172. The highest BCUT2D eigenvalue weighted by molar-refractivity contribution is 5.96. The van der Waals surface area contributed by atoms with Crippen LogP contribution >= 0.6 is 0 Å². The lowest BCUT2D eigenvalue weighted by Gasteiger charge is -2.34. The van der Waals surface area contributed by atoms with Gasteiger partial charge in [0.05, 0.1) is 6.54 Å². The summed E-state index contributed by atoms with van der Waals surface area (Å²) in [7, 11) is 0. The van der Waals surface area contributed by atoms with Crippen LogP contribution in [0.25, 0.3) is 0 Å². The Morgan fingerprint density at radius 1 is 0.931 bits per heavy atom. The zero-order valence-corrected chi connectivity index (χ0v) is 16.6. The Kier molecular flexibility index (Phi) is 6.97. The summed E-state index contributed by atoms with van der Waals surface area (Å²) in [5.74, 6) is -0.254. The number of amides is 3. The van der Waals surface area contributed by atoms with E-state index in [4.69, 9.17) is 0 Å². The first-order chi connectivity index (χ1) is 14.0. The van der Waals surface area contributed by atoms with Crippen molar-refractivity contribution in [2.45, 2.75) is 13.5 Å². The Hall–Kier alpha value is -3.19. The van der Waals surface area contributed by atoms with Crippen LogP contribution in [0.1, 0.15) is 22.8 Å². The monoisotopic (exact) mass is 394 g/mol.